The van der Waals surface area contributed by atoms with E-state index in [0.717, 1.165) is 17.3 Å². The van der Waals surface area contributed by atoms with E-state index in [2.05, 4.69) is 9.71 Å². The van der Waals surface area contributed by atoms with E-state index in [1.54, 1.807) is 24.4 Å². The Morgan fingerprint density at radius 3 is 2.48 bits per heavy atom. The highest BCUT2D eigenvalue weighted by Crippen LogP contribution is 2.20. The van der Waals surface area contributed by atoms with Crippen molar-refractivity contribution in [1.29, 1.82) is 0 Å². The van der Waals surface area contributed by atoms with Crippen LogP contribution in [-0.4, -0.2) is 13.4 Å². The number of nitrogens with one attached hydrogen (secondary N) is 1. The molecular weight excluding hydrogens is 339 g/mol. The zero-order valence-corrected chi connectivity index (χ0v) is 13.9. The van der Waals surface area contributed by atoms with Crippen LogP contribution in [0.1, 0.15) is 11.3 Å². The Morgan fingerprint density at radius 2 is 1.72 bits per heavy atom. The molecule has 0 bridgehead atoms. The van der Waals surface area contributed by atoms with E-state index in [-0.39, 0.29) is 4.90 Å². The van der Waals surface area contributed by atoms with E-state index in [4.69, 9.17) is 0 Å². The number of hydrogen-bond acceptors (Lipinski definition) is 3. The van der Waals surface area contributed by atoms with Gasteiger partial charge in [0.2, 0.25) is 0 Å². The predicted octanol–water partition coefficient (Wildman–Crippen LogP) is 4.19. The van der Waals surface area contributed by atoms with Gasteiger partial charge in [0.05, 0.1) is 5.69 Å². The highest BCUT2D eigenvalue weighted by Gasteiger charge is 2.18. The van der Waals surface area contributed by atoms with Crippen LogP contribution in [0.25, 0.3) is 12.2 Å². The first kappa shape index (κ1) is 16.9. The number of sulfonamides is 1. The fourth-order valence-electron chi connectivity index (χ4n) is 2.23. The van der Waals surface area contributed by atoms with Crippen LogP contribution in [0.4, 0.5) is 10.1 Å². The summed E-state index contributed by atoms with van der Waals surface area (Å²) in [5.41, 5.74) is 1.94. The molecule has 0 spiro atoms. The van der Waals surface area contributed by atoms with Crippen molar-refractivity contribution < 1.29 is 12.8 Å². The van der Waals surface area contributed by atoms with Crippen molar-refractivity contribution in [2.75, 3.05) is 4.72 Å². The molecule has 1 aromatic heterocycles. The van der Waals surface area contributed by atoms with E-state index in [9.17, 15) is 12.8 Å². The largest absolute Gasteiger partial charge is 0.280 e. The Bertz CT molecular complexity index is 1000. The van der Waals surface area contributed by atoms with Crippen molar-refractivity contribution in [3.8, 4) is 0 Å². The first-order valence-electron chi connectivity index (χ1n) is 7.51. The fraction of sp³-hybridized carbons (Fsp3) is 0. The molecule has 0 fully saturated rings. The van der Waals surface area contributed by atoms with Gasteiger partial charge in [0, 0.05) is 11.9 Å². The van der Waals surface area contributed by atoms with Crippen LogP contribution in [0.2, 0.25) is 0 Å². The van der Waals surface area contributed by atoms with E-state index in [1.807, 2.05) is 36.4 Å². The van der Waals surface area contributed by atoms with Crippen LogP contribution in [0, 0.1) is 5.82 Å². The van der Waals surface area contributed by atoms with Crippen LogP contribution in [0.5, 0.6) is 0 Å². The molecule has 6 heteroatoms. The summed E-state index contributed by atoms with van der Waals surface area (Å²) in [5.74, 6) is -0.791. The molecule has 1 N–H and O–H groups in total. The van der Waals surface area contributed by atoms with Gasteiger partial charge in [0.1, 0.15) is 10.7 Å². The van der Waals surface area contributed by atoms with E-state index >= 15 is 0 Å². The molecule has 0 amide bonds. The summed E-state index contributed by atoms with van der Waals surface area (Å²) >= 11 is 0. The Balaban J connectivity index is 1.82. The quantitative estimate of drug-likeness (QED) is 0.747. The summed E-state index contributed by atoms with van der Waals surface area (Å²) in [5, 5.41) is 0. The zero-order valence-electron chi connectivity index (χ0n) is 13.1. The Morgan fingerprint density at radius 1 is 0.920 bits per heavy atom. The molecule has 25 heavy (non-hydrogen) atoms. The third kappa shape index (κ3) is 4.30. The normalized spacial score (nSPS) is 11.6. The van der Waals surface area contributed by atoms with Gasteiger partial charge >= 0.3 is 0 Å². The summed E-state index contributed by atoms with van der Waals surface area (Å²) in [6.45, 7) is 0. The summed E-state index contributed by atoms with van der Waals surface area (Å²) in [7, 11) is -3.99. The third-order valence-electron chi connectivity index (χ3n) is 3.40. The number of anilines is 1. The highest BCUT2D eigenvalue weighted by atomic mass is 32.2. The van der Waals surface area contributed by atoms with Crippen molar-refractivity contribution in [2.24, 2.45) is 0 Å². The van der Waals surface area contributed by atoms with Gasteiger partial charge in [-0.25, -0.2) is 12.8 Å². The minimum absolute atomic E-state index is 0.353. The average molecular weight is 354 g/mol. The molecule has 3 aromatic rings. The maximum Gasteiger partial charge on any atom is 0.264 e. The van der Waals surface area contributed by atoms with Crippen molar-refractivity contribution in [2.45, 2.75) is 4.90 Å². The minimum atomic E-state index is -3.99. The second kappa shape index (κ2) is 7.27. The summed E-state index contributed by atoms with van der Waals surface area (Å²) in [6.07, 6.45) is 5.34. The molecule has 0 unspecified atom stereocenters. The molecule has 0 aliphatic carbocycles. The predicted molar refractivity (Wildman–Crippen MR) is 96.8 cm³/mol. The van der Waals surface area contributed by atoms with Gasteiger partial charge in [0.25, 0.3) is 10.0 Å². The first-order chi connectivity index (χ1) is 12.0. The number of hydrogen-bond donors (Lipinski definition) is 1. The molecule has 0 aliphatic rings. The van der Waals surface area contributed by atoms with Gasteiger partial charge < -0.3 is 0 Å². The standard InChI is InChI=1S/C19H15FN2O2S/c20-18-9-1-2-10-19(18)25(23,24)22-17-8-5-6-15(14-17)11-12-16-7-3-4-13-21-16/h1-14,22H. The van der Waals surface area contributed by atoms with Crippen LogP contribution in [0.15, 0.2) is 77.8 Å². The van der Waals surface area contributed by atoms with E-state index in [0.29, 0.717) is 5.69 Å². The molecule has 0 aliphatic heterocycles. The molecule has 4 nitrogen and oxygen atoms in total. The van der Waals surface area contributed by atoms with Crippen molar-refractivity contribution in [3.05, 3.63) is 90.0 Å². The number of benzene rings is 2. The first-order valence-corrected chi connectivity index (χ1v) is 8.99. The summed E-state index contributed by atoms with van der Waals surface area (Å²) in [6, 6.07) is 17.7. The van der Waals surface area contributed by atoms with Crippen molar-refractivity contribution in [3.63, 3.8) is 0 Å². The monoisotopic (exact) mass is 354 g/mol. The second-order valence-electron chi connectivity index (χ2n) is 5.25. The number of pyridine rings is 1. The van der Waals surface area contributed by atoms with Gasteiger partial charge in [0.15, 0.2) is 0 Å². The van der Waals surface area contributed by atoms with Crippen molar-refractivity contribution >= 4 is 27.9 Å². The molecular formula is C19H15FN2O2S. The van der Waals surface area contributed by atoms with Crippen LogP contribution < -0.4 is 4.72 Å². The maximum atomic E-state index is 13.7. The molecule has 3 rings (SSSR count). The number of rotatable bonds is 5. The number of nitrogens with zero attached hydrogens (tertiary/aromatic N) is 1. The third-order valence-corrected chi connectivity index (χ3v) is 4.81. The average Bonchev–Trinajstić information content (AvgIpc) is 2.61. The van der Waals surface area contributed by atoms with Gasteiger partial charge in [-0.15, -0.1) is 0 Å². The van der Waals surface area contributed by atoms with Gasteiger partial charge in [-0.1, -0.05) is 36.4 Å². The van der Waals surface area contributed by atoms with Crippen LogP contribution >= 0.6 is 0 Å². The summed E-state index contributed by atoms with van der Waals surface area (Å²) in [4.78, 5) is 3.80. The SMILES string of the molecule is O=S(=O)(Nc1cccc(C=Cc2ccccn2)c1)c1ccccc1F. The lowest BCUT2D eigenvalue weighted by Gasteiger charge is -2.09. The lowest BCUT2D eigenvalue weighted by atomic mass is 10.2. The lowest BCUT2D eigenvalue weighted by Crippen LogP contribution is -2.14. The van der Waals surface area contributed by atoms with Gasteiger partial charge in [-0.3, -0.25) is 9.71 Å². The Hall–Kier alpha value is -2.99. The van der Waals surface area contributed by atoms with Crippen molar-refractivity contribution in [1.82, 2.24) is 4.98 Å². The fourth-order valence-corrected chi connectivity index (χ4v) is 3.36. The topological polar surface area (TPSA) is 59.1 Å². The molecule has 0 radical (unpaired) electrons. The number of aromatic nitrogens is 1. The highest BCUT2D eigenvalue weighted by molar-refractivity contribution is 7.92. The molecule has 0 atom stereocenters. The summed E-state index contributed by atoms with van der Waals surface area (Å²) < 4.78 is 40.8. The molecule has 2 aromatic carbocycles. The zero-order chi connectivity index (χ0) is 17.7. The van der Waals surface area contributed by atoms with Gasteiger partial charge in [-0.05, 0) is 48.0 Å². The van der Waals surface area contributed by atoms with E-state index < -0.39 is 15.8 Å². The minimum Gasteiger partial charge on any atom is -0.280 e. The van der Waals surface area contributed by atoms with E-state index in [1.165, 1.54) is 18.2 Å². The maximum absolute atomic E-state index is 13.7. The Labute approximate surface area is 145 Å². The molecule has 0 saturated carbocycles. The number of halogens is 1. The van der Waals surface area contributed by atoms with Gasteiger partial charge in [-0.2, -0.15) is 0 Å². The Kier molecular flexibility index (Phi) is 4.90. The lowest BCUT2D eigenvalue weighted by molar-refractivity contribution is 0.570. The molecule has 0 saturated heterocycles. The molecule has 126 valence electrons. The second-order valence-corrected chi connectivity index (χ2v) is 6.90. The van der Waals surface area contributed by atoms with Crippen LogP contribution in [-0.2, 0) is 10.0 Å². The smallest absolute Gasteiger partial charge is 0.264 e. The van der Waals surface area contributed by atoms with Crippen LogP contribution in [0.3, 0.4) is 0 Å². The molecule has 1 heterocycles.